The molecule has 0 atom stereocenters. The van der Waals surface area contributed by atoms with Gasteiger partial charge in [-0.05, 0) is 50.9 Å². The van der Waals surface area contributed by atoms with E-state index < -0.39 is 0 Å². The Bertz CT molecular complexity index is 502. The van der Waals surface area contributed by atoms with Crippen LogP contribution < -0.4 is 0 Å². The van der Waals surface area contributed by atoms with Crippen LogP contribution in [-0.4, -0.2) is 48.3 Å². The third-order valence-electron chi connectivity index (χ3n) is 4.07. The second-order valence-corrected chi connectivity index (χ2v) is 5.87. The molecule has 1 aliphatic carbocycles. The van der Waals surface area contributed by atoms with Gasteiger partial charge in [-0.2, -0.15) is 0 Å². The fourth-order valence-electron chi connectivity index (χ4n) is 2.77. The van der Waals surface area contributed by atoms with Crippen molar-refractivity contribution in [1.29, 1.82) is 0 Å². The fraction of sp³-hybridized carbons (Fsp3) is 0.500. The van der Waals surface area contributed by atoms with Crippen molar-refractivity contribution in [2.24, 2.45) is 5.92 Å². The summed E-state index contributed by atoms with van der Waals surface area (Å²) in [7, 11) is 2.11. The van der Waals surface area contributed by atoms with Gasteiger partial charge in [0.2, 0.25) is 0 Å². The summed E-state index contributed by atoms with van der Waals surface area (Å²) in [6, 6.07) is 7.07. The average Bonchev–Trinajstić information content (AvgIpc) is 3.22. The van der Waals surface area contributed by atoms with E-state index in [1.165, 1.54) is 17.7 Å². The number of amides is 2. The number of benzene rings is 1. The Balaban J connectivity index is 1.53. The molecule has 0 radical (unpaired) electrons. The molecular formula is C16H20N2O2. The van der Waals surface area contributed by atoms with Gasteiger partial charge in [0.25, 0.3) is 11.8 Å². The van der Waals surface area contributed by atoms with E-state index in [4.69, 9.17) is 0 Å². The molecule has 0 N–H and O–H groups in total. The Morgan fingerprint density at radius 1 is 1.15 bits per heavy atom. The molecule has 0 bridgehead atoms. The number of rotatable bonds is 6. The molecule has 20 heavy (non-hydrogen) atoms. The van der Waals surface area contributed by atoms with Gasteiger partial charge in [-0.25, -0.2) is 0 Å². The second-order valence-electron chi connectivity index (χ2n) is 5.87. The third-order valence-corrected chi connectivity index (χ3v) is 4.07. The summed E-state index contributed by atoms with van der Waals surface area (Å²) >= 11 is 0. The first kappa shape index (κ1) is 13.3. The van der Waals surface area contributed by atoms with Gasteiger partial charge >= 0.3 is 0 Å². The molecule has 2 aliphatic rings. The van der Waals surface area contributed by atoms with E-state index >= 15 is 0 Å². The first-order chi connectivity index (χ1) is 9.66. The number of fused-ring (bicyclic) bond motifs is 1. The highest BCUT2D eigenvalue weighted by molar-refractivity contribution is 6.21. The Morgan fingerprint density at radius 2 is 1.75 bits per heavy atom. The van der Waals surface area contributed by atoms with Crippen molar-refractivity contribution in [3.63, 3.8) is 0 Å². The molecule has 2 amide bonds. The van der Waals surface area contributed by atoms with E-state index in [9.17, 15) is 9.59 Å². The van der Waals surface area contributed by atoms with E-state index in [-0.39, 0.29) is 11.8 Å². The molecular weight excluding hydrogens is 252 g/mol. The fourth-order valence-corrected chi connectivity index (χ4v) is 2.77. The molecule has 0 spiro atoms. The highest BCUT2D eigenvalue weighted by Gasteiger charge is 2.34. The minimum absolute atomic E-state index is 0.143. The van der Waals surface area contributed by atoms with Gasteiger partial charge in [0, 0.05) is 13.1 Å². The van der Waals surface area contributed by atoms with Crippen molar-refractivity contribution >= 4 is 11.8 Å². The number of carbonyl (C=O) groups is 2. The SMILES string of the molecule is CN(CCCN1C(=O)c2ccccc2C1=O)CC1CC1. The molecule has 3 rings (SSSR count). The molecule has 0 unspecified atom stereocenters. The molecule has 4 heteroatoms. The average molecular weight is 272 g/mol. The Labute approximate surface area is 119 Å². The highest BCUT2D eigenvalue weighted by atomic mass is 16.2. The molecule has 1 aromatic rings. The monoisotopic (exact) mass is 272 g/mol. The smallest absolute Gasteiger partial charge is 0.261 e. The summed E-state index contributed by atoms with van der Waals surface area (Å²) in [6.45, 7) is 2.59. The van der Waals surface area contributed by atoms with Crippen molar-refractivity contribution in [2.75, 3.05) is 26.7 Å². The molecule has 1 fully saturated rings. The van der Waals surface area contributed by atoms with E-state index in [0.717, 1.165) is 25.4 Å². The van der Waals surface area contributed by atoms with Crippen LogP contribution in [0.25, 0.3) is 0 Å². The van der Waals surface area contributed by atoms with E-state index in [0.29, 0.717) is 17.7 Å². The summed E-state index contributed by atoms with van der Waals surface area (Å²) in [5.74, 6) is 0.588. The maximum Gasteiger partial charge on any atom is 0.261 e. The quantitative estimate of drug-likeness (QED) is 0.744. The lowest BCUT2D eigenvalue weighted by Crippen LogP contribution is -2.33. The Hall–Kier alpha value is -1.68. The van der Waals surface area contributed by atoms with Crippen LogP contribution in [0.4, 0.5) is 0 Å². The van der Waals surface area contributed by atoms with Gasteiger partial charge in [-0.3, -0.25) is 14.5 Å². The van der Waals surface area contributed by atoms with Crippen molar-refractivity contribution in [3.8, 4) is 0 Å². The predicted molar refractivity (Wildman–Crippen MR) is 76.6 cm³/mol. The van der Waals surface area contributed by atoms with Crippen molar-refractivity contribution in [1.82, 2.24) is 9.80 Å². The van der Waals surface area contributed by atoms with Crippen LogP contribution in [0.3, 0.4) is 0 Å². The van der Waals surface area contributed by atoms with Crippen LogP contribution in [0, 0.1) is 5.92 Å². The molecule has 106 valence electrons. The zero-order valence-corrected chi connectivity index (χ0v) is 11.8. The van der Waals surface area contributed by atoms with Crippen molar-refractivity contribution in [3.05, 3.63) is 35.4 Å². The lowest BCUT2D eigenvalue weighted by atomic mass is 10.1. The minimum atomic E-state index is -0.143. The standard InChI is InChI=1S/C16H20N2O2/c1-17(11-12-7-8-12)9-4-10-18-15(19)13-5-2-3-6-14(13)16(18)20/h2-3,5-6,12H,4,7-11H2,1H3. The predicted octanol–water partition coefficient (Wildman–Crippen LogP) is 2.01. The van der Waals surface area contributed by atoms with Gasteiger partial charge in [-0.1, -0.05) is 12.1 Å². The highest BCUT2D eigenvalue weighted by Crippen LogP contribution is 2.29. The molecule has 1 aliphatic heterocycles. The topological polar surface area (TPSA) is 40.6 Å². The maximum absolute atomic E-state index is 12.2. The molecule has 1 heterocycles. The van der Waals surface area contributed by atoms with Crippen LogP contribution in [0.5, 0.6) is 0 Å². The largest absolute Gasteiger partial charge is 0.306 e. The number of imide groups is 1. The summed E-state index contributed by atoms with van der Waals surface area (Å²) in [6.07, 6.45) is 3.54. The van der Waals surface area contributed by atoms with Crippen molar-refractivity contribution in [2.45, 2.75) is 19.3 Å². The Morgan fingerprint density at radius 3 is 2.30 bits per heavy atom. The first-order valence-corrected chi connectivity index (χ1v) is 7.30. The number of nitrogens with zero attached hydrogens (tertiary/aromatic N) is 2. The Kier molecular flexibility index (Phi) is 3.57. The van der Waals surface area contributed by atoms with Crippen LogP contribution in [0.2, 0.25) is 0 Å². The number of hydrogen-bond donors (Lipinski definition) is 0. The van der Waals surface area contributed by atoms with Crippen molar-refractivity contribution < 1.29 is 9.59 Å². The maximum atomic E-state index is 12.2. The van der Waals surface area contributed by atoms with E-state index in [1.54, 1.807) is 24.3 Å². The zero-order chi connectivity index (χ0) is 14.1. The lowest BCUT2D eigenvalue weighted by molar-refractivity contribution is 0.0648. The summed E-state index contributed by atoms with van der Waals surface area (Å²) < 4.78 is 0. The van der Waals surface area contributed by atoms with E-state index in [1.807, 2.05) is 0 Å². The van der Waals surface area contributed by atoms with Crippen LogP contribution in [-0.2, 0) is 0 Å². The molecule has 1 saturated carbocycles. The third kappa shape index (κ3) is 2.61. The first-order valence-electron chi connectivity index (χ1n) is 7.30. The molecule has 4 nitrogen and oxygen atoms in total. The van der Waals surface area contributed by atoms with Gasteiger partial charge in [0.05, 0.1) is 11.1 Å². The lowest BCUT2D eigenvalue weighted by Gasteiger charge is -2.18. The number of carbonyl (C=O) groups excluding carboxylic acids is 2. The molecule has 1 aromatic carbocycles. The number of hydrogen-bond acceptors (Lipinski definition) is 3. The summed E-state index contributed by atoms with van der Waals surface area (Å²) in [5.41, 5.74) is 1.09. The summed E-state index contributed by atoms with van der Waals surface area (Å²) in [4.78, 5) is 28.0. The normalized spacial score (nSPS) is 18.0. The van der Waals surface area contributed by atoms with Gasteiger partial charge in [-0.15, -0.1) is 0 Å². The van der Waals surface area contributed by atoms with Gasteiger partial charge in [0.1, 0.15) is 0 Å². The molecule has 0 aromatic heterocycles. The van der Waals surface area contributed by atoms with Crippen LogP contribution >= 0.6 is 0 Å². The minimum Gasteiger partial charge on any atom is -0.306 e. The van der Waals surface area contributed by atoms with Crippen LogP contribution in [0.15, 0.2) is 24.3 Å². The van der Waals surface area contributed by atoms with Crippen LogP contribution in [0.1, 0.15) is 40.0 Å². The second kappa shape index (κ2) is 5.37. The van der Waals surface area contributed by atoms with Gasteiger partial charge in [0.15, 0.2) is 0 Å². The molecule has 0 saturated heterocycles. The van der Waals surface area contributed by atoms with Gasteiger partial charge < -0.3 is 4.90 Å². The summed E-state index contributed by atoms with van der Waals surface area (Å²) in [5, 5.41) is 0. The zero-order valence-electron chi connectivity index (χ0n) is 11.8. The van der Waals surface area contributed by atoms with E-state index in [2.05, 4.69) is 11.9 Å².